The Morgan fingerprint density at radius 3 is 2.24 bits per heavy atom. The quantitative estimate of drug-likeness (QED) is 0.462. The van der Waals surface area contributed by atoms with E-state index in [4.69, 9.17) is 23.8 Å². The highest BCUT2D eigenvalue weighted by Gasteiger charge is 2.09. The van der Waals surface area contributed by atoms with Gasteiger partial charge in [0, 0.05) is 16.8 Å². The summed E-state index contributed by atoms with van der Waals surface area (Å²) in [6.45, 7) is 0. The van der Waals surface area contributed by atoms with Crippen LogP contribution in [0.15, 0.2) is 48.0 Å². The van der Waals surface area contributed by atoms with E-state index >= 15 is 0 Å². The van der Waals surface area contributed by atoms with E-state index in [0.717, 1.165) is 22.9 Å². The third-order valence-electron chi connectivity index (χ3n) is 2.98. The van der Waals surface area contributed by atoms with Crippen molar-refractivity contribution in [2.45, 2.75) is 0 Å². The molecule has 0 spiro atoms. The zero-order chi connectivity index (χ0) is 17.6. The molecule has 25 heavy (non-hydrogen) atoms. The van der Waals surface area contributed by atoms with Gasteiger partial charge in [-0.05, 0) is 60.1 Å². The molecule has 1 amide bonds. The lowest BCUT2D eigenvalue weighted by Crippen LogP contribution is -2.19. The average Bonchev–Trinajstić information content (AvgIpc) is 3.13. The number of nitrogens with zero attached hydrogens (tertiary/aromatic N) is 3. The number of hydrogen-bond acceptors (Lipinski definition) is 6. The Labute approximate surface area is 157 Å². The number of rotatable bonds is 4. The predicted octanol–water partition coefficient (Wildman–Crippen LogP) is 3.65. The molecule has 2 aromatic heterocycles. The molecule has 3 N–H and O–H groups in total. The van der Waals surface area contributed by atoms with Crippen molar-refractivity contribution in [1.82, 2.24) is 14.6 Å². The Morgan fingerprint density at radius 2 is 1.64 bits per heavy atom. The van der Waals surface area contributed by atoms with Gasteiger partial charge in [0.2, 0.25) is 0 Å². The molecule has 0 atom stereocenters. The van der Waals surface area contributed by atoms with Gasteiger partial charge in [-0.1, -0.05) is 16.1 Å². The first-order chi connectivity index (χ1) is 12.1. The highest BCUT2D eigenvalue weighted by Crippen LogP contribution is 2.15. The molecular weight excluding hydrogens is 380 g/mol. The van der Waals surface area contributed by atoms with Crippen molar-refractivity contribution >= 4 is 63.4 Å². The molecule has 126 valence electrons. The monoisotopic (exact) mass is 390 g/mol. The largest absolute Gasteiger partial charge is 0.332 e. The number of halogens is 1. The third kappa shape index (κ3) is 4.92. The minimum Gasteiger partial charge on any atom is -0.332 e. The van der Waals surface area contributed by atoms with Crippen LogP contribution in [0.2, 0.25) is 5.15 Å². The lowest BCUT2D eigenvalue weighted by atomic mass is 10.2. The van der Waals surface area contributed by atoms with Crippen molar-refractivity contribution in [2.75, 3.05) is 16.0 Å². The summed E-state index contributed by atoms with van der Waals surface area (Å²) in [6.07, 6.45) is 1.59. The maximum Gasteiger partial charge on any atom is 0.277 e. The van der Waals surface area contributed by atoms with Crippen LogP contribution in [-0.2, 0) is 0 Å². The van der Waals surface area contributed by atoms with Gasteiger partial charge in [0.05, 0.1) is 11.9 Å². The molecule has 3 aromatic rings. The fourth-order valence-electron chi connectivity index (χ4n) is 1.84. The van der Waals surface area contributed by atoms with Gasteiger partial charge >= 0.3 is 0 Å². The SMILES string of the molecule is O=C(Nc1ccc(NC(=S)Nc2ccc(Cl)nc2)cc1)c1csnn1. The van der Waals surface area contributed by atoms with Gasteiger partial charge in [-0.2, -0.15) is 0 Å². The van der Waals surface area contributed by atoms with Crippen molar-refractivity contribution < 1.29 is 4.79 Å². The Bertz CT molecular complexity index is 868. The molecule has 2 heterocycles. The van der Waals surface area contributed by atoms with Crippen LogP contribution < -0.4 is 16.0 Å². The molecule has 0 unspecified atom stereocenters. The zero-order valence-corrected chi connectivity index (χ0v) is 15.0. The lowest BCUT2D eigenvalue weighted by molar-refractivity contribution is 0.102. The number of thiocarbonyl (C=S) groups is 1. The number of benzene rings is 1. The number of anilines is 3. The lowest BCUT2D eigenvalue weighted by Gasteiger charge is -2.11. The topological polar surface area (TPSA) is 91.8 Å². The van der Waals surface area contributed by atoms with E-state index in [-0.39, 0.29) is 11.6 Å². The molecule has 1 aromatic carbocycles. The maximum absolute atomic E-state index is 11.9. The fourth-order valence-corrected chi connectivity index (χ4v) is 2.62. The van der Waals surface area contributed by atoms with E-state index in [1.807, 2.05) is 0 Å². The number of pyridine rings is 1. The highest BCUT2D eigenvalue weighted by atomic mass is 35.5. The van der Waals surface area contributed by atoms with Crippen molar-refractivity contribution in [3.8, 4) is 0 Å². The summed E-state index contributed by atoms with van der Waals surface area (Å²) in [5.74, 6) is -0.304. The first-order valence-corrected chi connectivity index (χ1v) is 8.60. The number of carbonyl (C=O) groups is 1. The molecule has 0 aliphatic heterocycles. The summed E-state index contributed by atoms with van der Waals surface area (Å²) in [7, 11) is 0. The van der Waals surface area contributed by atoms with E-state index in [1.54, 1.807) is 48.0 Å². The van der Waals surface area contributed by atoms with Crippen LogP contribution in [0.5, 0.6) is 0 Å². The van der Waals surface area contributed by atoms with Crippen LogP contribution in [0.3, 0.4) is 0 Å². The molecule has 0 fully saturated rings. The van der Waals surface area contributed by atoms with Gasteiger partial charge in [0.15, 0.2) is 10.8 Å². The number of nitrogens with one attached hydrogen (secondary N) is 3. The van der Waals surface area contributed by atoms with Crippen molar-refractivity contribution in [3.63, 3.8) is 0 Å². The smallest absolute Gasteiger partial charge is 0.277 e. The summed E-state index contributed by atoms with van der Waals surface area (Å²) in [4.78, 5) is 15.9. The highest BCUT2D eigenvalue weighted by molar-refractivity contribution is 7.80. The standard InChI is InChI=1S/C15H11ClN6OS2/c16-13-6-5-11(7-17-13)20-15(24)19-10-3-1-9(2-4-10)18-14(23)12-8-25-22-21-12/h1-8H,(H,18,23)(H2,19,20,24). The van der Waals surface area contributed by atoms with Gasteiger partial charge in [-0.3, -0.25) is 4.79 Å². The number of carbonyl (C=O) groups excluding carboxylic acids is 1. The molecule has 0 saturated heterocycles. The molecule has 10 heteroatoms. The van der Waals surface area contributed by atoms with Crippen LogP contribution in [0.25, 0.3) is 0 Å². The van der Waals surface area contributed by atoms with Crippen LogP contribution in [0.4, 0.5) is 17.1 Å². The van der Waals surface area contributed by atoms with E-state index in [1.165, 1.54) is 0 Å². The van der Waals surface area contributed by atoms with E-state index in [0.29, 0.717) is 16.0 Å². The molecule has 0 bridgehead atoms. The summed E-state index contributed by atoms with van der Waals surface area (Å²) in [5.41, 5.74) is 2.42. The Morgan fingerprint density at radius 1 is 1.00 bits per heavy atom. The Balaban J connectivity index is 1.56. The van der Waals surface area contributed by atoms with Crippen molar-refractivity contribution in [2.24, 2.45) is 0 Å². The van der Waals surface area contributed by atoms with Crippen LogP contribution in [0.1, 0.15) is 10.5 Å². The fraction of sp³-hybridized carbons (Fsp3) is 0. The Kier molecular flexibility index (Phi) is 5.49. The Hall–Kier alpha value is -2.62. The summed E-state index contributed by atoms with van der Waals surface area (Å²) in [6, 6.07) is 10.5. The number of hydrogen-bond donors (Lipinski definition) is 3. The molecule has 7 nitrogen and oxygen atoms in total. The molecule has 3 rings (SSSR count). The first-order valence-electron chi connectivity index (χ1n) is 6.98. The zero-order valence-electron chi connectivity index (χ0n) is 12.6. The molecule has 0 aliphatic carbocycles. The van der Waals surface area contributed by atoms with Gasteiger partial charge < -0.3 is 16.0 Å². The summed E-state index contributed by atoms with van der Waals surface area (Å²) < 4.78 is 3.66. The van der Waals surface area contributed by atoms with E-state index in [2.05, 4.69) is 30.5 Å². The summed E-state index contributed by atoms with van der Waals surface area (Å²) >= 11 is 12.1. The minimum atomic E-state index is -0.304. The molecule has 0 radical (unpaired) electrons. The average molecular weight is 391 g/mol. The third-order valence-corrected chi connectivity index (χ3v) is 3.91. The predicted molar refractivity (Wildman–Crippen MR) is 103 cm³/mol. The van der Waals surface area contributed by atoms with Gasteiger partial charge in [-0.15, -0.1) is 5.10 Å². The van der Waals surface area contributed by atoms with Gasteiger partial charge in [-0.25, -0.2) is 4.98 Å². The molecular formula is C15H11ClN6OS2. The van der Waals surface area contributed by atoms with Crippen molar-refractivity contribution in [3.05, 3.63) is 58.8 Å². The van der Waals surface area contributed by atoms with E-state index in [9.17, 15) is 4.79 Å². The molecule has 0 saturated carbocycles. The normalized spacial score (nSPS) is 10.1. The first kappa shape index (κ1) is 17.2. The van der Waals surface area contributed by atoms with Crippen LogP contribution in [0, 0.1) is 0 Å². The second-order valence-electron chi connectivity index (χ2n) is 4.77. The minimum absolute atomic E-state index is 0.286. The second-order valence-corrected chi connectivity index (χ2v) is 6.18. The van der Waals surface area contributed by atoms with Gasteiger partial charge in [0.1, 0.15) is 5.15 Å². The number of amides is 1. The van der Waals surface area contributed by atoms with Crippen LogP contribution in [-0.4, -0.2) is 25.6 Å². The second kappa shape index (κ2) is 7.97. The molecule has 0 aliphatic rings. The summed E-state index contributed by atoms with van der Waals surface area (Å²) in [5, 5.41) is 14.9. The number of aromatic nitrogens is 3. The van der Waals surface area contributed by atoms with Gasteiger partial charge in [0.25, 0.3) is 5.91 Å². The van der Waals surface area contributed by atoms with Crippen molar-refractivity contribution in [1.29, 1.82) is 0 Å². The maximum atomic E-state index is 11.9. The van der Waals surface area contributed by atoms with Crippen LogP contribution >= 0.6 is 35.4 Å². The van der Waals surface area contributed by atoms with E-state index < -0.39 is 0 Å².